The van der Waals surface area contributed by atoms with E-state index in [9.17, 15) is 22.8 Å². The van der Waals surface area contributed by atoms with Crippen LogP contribution in [0, 0.1) is 5.92 Å². The Labute approximate surface area is 231 Å². The lowest BCUT2D eigenvalue weighted by molar-refractivity contribution is -0.136. The van der Waals surface area contributed by atoms with Gasteiger partial charge in [-0.1, -0.05) is 25.1 Å². The first-order valence-corrected chi connectivity index (χ1v) is 14.2. The lowest BCUT2D eigenvalue weighted by Gasteiger charge is -2.24. The van der Waals surface area contributed by atoms with Crippen LogP contribution < -0.4 is 10.0 Å². The molecule has 0 radical (unpaired) electrons. The maximum atomic E-state index is 13.1. The monoisotopic (exact) mass is 566 g/mol. The molecule has 12 heteroatoms. The van der Waals surface area contributed by atoms with Crippen LogP contribution in [0.3, 0.4) is 0 Å². The average molecular weight is 567 g/mol. The van der Waals surface area contributed by atoms with Crippen LogP contribution in [-0.2, 0) is 26.2 Å². The fraction of sp³-hybridized carbons (Fsp3) is 0.286. The number of carbonyl (C=O) groups excluding carboxylic acids is 2. The number of hydrogen-bond acceptors (Lipinski definition) is 7. The minimum absolute atomic E-state index is 0.00661. The molecule has 1 atom stereocenters. The first-order chi connectivity index (χ1) is 19.1. The number of Topliss-reactive ketones (excluding diaryl/α,β-unsaturated/α-hetero) is 1. The molecule has 0 aliphatic carbocycles. The highest BCUT2D eigenvalue weighted by atomic mass is 32.2. The highest BCUT2D eigenvalue weighted by molar-refractivity contribution is 7.89. The van der Waals surface area contributed by atoms with Crippen molar-refractivity contribution in [2.45, 2.75) is 31.2 Å². The van der Waals surface area contributed by atoms with Crippen molar-refractivity contribution in [3.8, 4) is 0 Å². The molecule has 0 spiro atoms. The van der Waals surface area contributed by atoms with Gasteiger partial charge in [0.1, 0.15) is 11.2 Å². The van der Waals surface area contributed by atoms with Gasteiger partial charge in [0.15, 0.2) is 5.78 Å². The number of aromatic nitrogens is 1. The van der Waals surface area contributed by atoms with Crippen molar-refractivity contribution in [1.82, 2.24) is 19.9 Å². The third kappa shape index (κ3) is 7.42. The molecule has 4 rings (SSSR count). The second kappa shape index (κ2) is 12.7. The SMILES string of the molecule is CC(CCNC(=O)O)CC(=O)N(CC(=O)CNS(=O)(=O)c1ccc2oc3ccccc3c2c1)Cc1ccncc1. The minimum Gasteiger partial charge on any atom is -0.465 e. The van der Waals surface area contributed by atoms with Crippen LogP contribution in [0.15, 0.2) is 76.3 Å². The van der Waals surface area contributed by atoms with E-state index in [0.29, 0.717) is 23.0 Å². The second-order valence-electron chi connectivity index (χ2n) is 9.55. The number of amides is 2. The van der Waals surface area contributed by atoms with Crippen LogP contribution in [0.4, 0.5) is 4.79 Å². The van der Waals surface area contributed by atoms with E-state index in [1.165, 1.54) is 17.0 Å². The number of ketones is 1. The number of rotatable bonds is 13. The summed E-state index contributed by atoms with van der Waals surface area (Å²) in [4.78, 5) is 42.0. The standard InChI is InChI=1S/C28H30N4O7S/c1-19(8-13-30-28(35)36)14-27(34)32(17-20-9-11-29-12-10-20)18-21(33)16-31-40(37,38)22-6-7-26-24(15-22)23-4-2-3-5-25(23)39-26/h2-7,9-12,15,19,30-31H,8,13-14,16-18H2,1H3,(H,35,36). The molecule has 40 heavy (non-hydrogen) atoms. The third-order valence-corrected chi connectivity index (χ3v) is 7.80. The van der Waals surface area contributed by atoms with Crippen molar-refractivity contribution in [3.05, 3.63) is 72.6 Å². The molecule has 4 aromatic rings. The molecule has 2 aromatic carbocycles. The Bertz CT molecular complexity index is 1620. The van der Waals surface area contributed by atoms with E-state index in [2.05, 4.69) is 15.0 Å². The first-order valence-electron chi connectivity index (χ1n) is 12.7. The van der Waals surface area contributed by atoms with E-state index >= 15 is 0 Å². The number of fused-ring (bicyclic) bond motifs is 3. The fourth-order valence-electron chi connectivity index (χ4n) is 4.30. The van der Waals surface area contributed by atoms with Gasteiger partial charge >= 0.3 is 6.09 Å². The minimum atomic E-state index is -4.02. The lowest BCUT2D eigenvalue weighted by Crippen LogP contribution is -2.40. The topological polar surface area (TPSA) is 159 Å². The van der Waals surface area contributed by atoms with Gasteiger partial charge in [-0.3, -0.25) is 14.6 Å². The number of hydrogen-bond donors (Lipinski definition) is 3. The highest BCUT2D eigenvalue weighted by Crippen LogP contribution is 2.30. The molecule has 0 aliphatic heterocycles. The number of sulfonamides is 1. The number of benzene rings is 2. The fourth-order valence-corrected chi connectivity index (χ4v) is 5.33. The van der Waals surface area contributed by atoms with Gasteiger partial charge in [-0.05, 0) is 54.3 Å². The number of carbonyl (C=O) groups is 3. The van der Waals surface area contributed by atoms with Gasteiger partial charge in [0, 0.05) is 42.7 Å². The summed E-state index contributed by atoms with van der Waals surface area (Å²) in [7, 11) is -4.02. The lowest BCUT2D eigenvalue weighted by atomic mass is 10.0. The Morgan fingerprint density at radius 3 is 2.50 bits per heavy atom. The van der Waals surface area contributed by atoms with Crippen LogP contribution in [0.2, 0.25) is 0 Å². The summed E-state index contributed by atoms with van der Waals surface area (Å²) in [5, 5.41) is 12.4. The molecule has 3 N–H and O–H groups in total. The van der Waals surface area contributed by atoms with Crippen LogP contribution >= 0.6 is 0 Å². The summed E-state index contributed by atoms with van der Waals surface area (Å²) in [5.74, 6) is -0.920. The molecule has 1 unspecified atom stereocenters. The predicted octanol–water partition coefficient (Wildman–Crippen LogP) is 3.54. The summed E-state index contributed by atoms with van der Waals surface area (Å²) in [5.41, 5.74) is 1.95. The Morgan fingerprint density at radius 1 is 1.02 bits per heavy atom. The van der Waals surface area contributed by atoms with E-state index in [-0.39, 0.29) is 42.8 Å². The third-order valence-electron chi connectivity index (χ3n) is 6.40. The number of carboxylic acid groups (broad SMARTS) is 1. The summed E-state index contributed by atoms with van der Waals surface area (Å²) in [6.45, 7) is 1.38. The van der Waals surface area contributed by atoms with Crippen molar-refractivity contribution < 1.29 is 32.3 Å². The summed E-state index contributed by atoms with van der Waals surface area (Å²) >= 11 is 0. The van der Waals surface area contributed by atoms with E-state index < -0.39 is 28.4 Å². The Morgan fingerprint density at radius 2 is 1.75 bits per heavy atom. The first kappa shape index (κ1) is 28.7. The Hall–Kier alpha value is -4.29. The van der Waals surface area contributed by atoms with Crippen molar-refractivity contribution in [2.24, 2.45) is 5.92 Å². The summed E-state index contributed by atoms with van der Waals surface area (Å²) in [6.07, 6.45) is 2.57. The summed E-state index contributed by atoms with van der Waals surface area (Å²) < 4.78 is 34.1. The molecule has 2 amide bonds. The quantitative estimate of drug-likeness (QED) is 0.222. The largest absolute Gasteiger partial charge is 0.465 e. The van der Waals surface area contributed by atoms with Gasteiger partial charge in [-0.15, -0.1) is 0 Å². The molecular formula is C28H30N4O7S. The number of para-hydroxylation sites is 1. The van der Waals surface area contributed by atoms with Crippen molar-refractivity contribution >= 4 is 49.7 Å². The molecule has 210 valence electrons. The molecule has 0 bridgehead atoms. The van der Waals surface area contributed by atoms with Crippen LogP contribution in [0.25, 0.3) is 21.9 Å². The zero-order chi connectivity index (χ0) is 28.7. The average Bonchev–Trinajstić information content (AvgIpc) is 3.30. The smallest absolute Gasteiger partial charge is 0.404 e. The van der Waals surface area contributed by atoms with E-state index in [0.717, 1.165) is 10.9 Å². The predicted molar refractivity (Wildman–Crippen MR) is 148 cm³/mol. The number of nitrogens with one attached hydrogen (secondary N) is 2. The van der Waals surface area contributed by atoms with E-state index in [1.807, 2.05) is 25.1 Å². The molecule has 2 aromatic heterocycles. The van der Waals surface area contributed by atoms with Gasteiger partial charge in [-0.25, -0.2) is 17.9 Å². The zero-order valence-corrected chi connectivity index (χ0v) is 22.7. The second-order valence-corrected chi connectivity index (χ2v) is 11.3. The van der Waals surface area contributed by atoms with Crippen LogP contribution in [0.1, 0.15) is 25.3 Å². The molecule has 0 saturated heterocycles. The van der Waals surface area contributed by atoms with Crippen LogP contribution in [0.5, 0.6) is 0 Å². The normalized spacial score (nSPS) is 12.3. The molecule has 11 nitrogen and oxygen atoms in total. The van der Waals surface area contributed by atoms with Crippen molar-refractivity contribution in [1.29, 1.82) is 0 Å². The van der Waals surface area contributed by atoms with Crippen molar-refractivity contribution in [3.63, 3.8) is 0 Å². The Balaban J connectivity index is 1.42. The maximum Gasteiger partial charge on any atom is 0.404 e. The number of furan rings is 1. The van der Waals surface area contributed by atoms with Gasteiger partial charge < -0.3 is 19.7 Å². The zero-order valence-electron chi connectivity index (χ0n) is 21.9. The maximum absolute atomic E-state index is 13.1. The molecule has 0 fully saturated rings. The molecular weight excluding hydrogens is 536 g/mol. The van der Waals surface area contributed by atoms with Crippen molar-refractivity contribution in [2.75, 3.05) is 19.6 Å². The molecule has 0 saturated carbocycles. The summed E-state index contributed by atoms with van der Waals surface area (Å²) in [6, 6.07) is 15.3. The highest BCUT2D eigenvalue weighted by Gasteiger charge is 2.22. The molecule has 2 heterocycles. The van der Waals surface area contributed by atoms with E-state index in [1.54, 1.807) is 36.7 Å². The van der Waals surface area contributed by atoms with Gasteiger partial charge in [0.05, 0.1) is 18.0 Å². The number of pyridine rings is 1. The molecule has 0 aliphatic rings. The number of nitrogens with zero attached hydrogens (tertiary/aromatic N) is 2. The van der Waals surface area contributed by atoms with Crippen LogP contribution in [-0.4, -0.2) is 60.8 Å². The van der Waals surface area contributed by atoms with Gasteiger partial charge in [-0.2, -0.15) is 0 Å². The van der Waals surface area contributed by atoms with E-state index in [4.69, 9.17) is 9.52 Å². The Kier molecular flexibility index (Phi) is 9.12. The van der Waals surface area contributed by atoms with Gasteiger partial charge in [0.25, 0.3) is 0 Å². The van der Waals surface area contributed by atoms with Gasteiger partial charge in [0.2, 0.25) is 15.9 Å².